The van der Waals surface area contributed by atoms with E-state index in [-0.39, 0.29) is 5.91 Å². The van der Waals surface area contributed by atoms with E-state index in [0.717, 1.165) is 10.8 Å². The maximum Gasteiger partial charge on any atom is 0.258 e. The number of carbonyl (C=O) groups excluding carboxylic acids is 1. The third-order valence-corrected chi connectivity index (χ3v) is 3.34. The molecule has 2 aromatic heterocycles. The van der Waals surface area contributed by atoms with E-state index >= 15 is 0 Å². The lowest BCUT2D eigenvalue weighted by Gasteiger charge is -2.08. The Kier molecular flexibility index (Phi) is 4.95. The number of methoxy groups -OCH3 is 1. The van der Waals surface area contributed by atoms with Gasteiger partial charge < -0.3 is 10.1 Å². The molecule has 1 amide bonds. The molecule has 2 heterocycles. The lowest BCUT2D eigenvalue weighted by atomic mass is 10.2. The van der Waals surface area contributed by atoms with Gasteiger partial charge in [-0.25, -0.2) is 9.97 Å². The minimum atomic E-state index is -0.262. The summed E-state index contributed by atoms with van der Waals surface area (Å²) in [5.41, 5.74) is 0.484. The number of nitrogens with zero attached hydrogens (tertiary/aromatic N) is 2. The first-order valence-corrected chi connectivity index (χ1v) is 7.12. The molecule has 0 fully saturated rings. The Morgan fingerprint density at radius 1 is 1.35 bits per heavy atom. The van der Waals surface area contributed by atoms with Crippen molar-refractivity contribution in [1.29, 1.82) is 0 Å². The van der Waals surface area contributed by atoms with E-state index in [1.165, 1.54) is 7.11 Å². The highest BCUT2D eigenvalue weighted by Gasteiger charge is 2.10. The fourth-order valence-electron chi connectivity index (χ4n) is 1.58. The Morgan fingerprint density at radius 3 is 2.85 bits per heavy atom. The number of hydrogen-bond donors (Lipinski definition) is 1. The Balaban J connectivity index is 2.11. The monoisotopic (exact) mass is 289 g/mol. The van der Waals surface area contributed by atoms with Gasteiger partial charge in [0, 0.05) is 12.4 Å². The second kappa shape index (κ2) is 6.91. The molecule has 0 saturated heterocycles. The fraction of sp³-hybridized carbons (Fsp3) is 0.214. The second-order valence-electron chi connectivity index (χ2n) is 3.83. The van der Waals surface area contributed by atoms with Crippen LogP contribution in [0.2, 0.25) is 0 Å². The molecule has 2 aromatic rings. The van der Waals surface area contributed by atoms with E-state index in [0.29, 0.717) is 17.1 Å². The van der Waals surface area contributed by atoms with Gasteiger partial charge >= 0.3 is 0 Å². The number of carbonyl (C=O) groups is 1. The first-order valence-electron chi connectivity index (χ1n) is 6.13. The summed E-state index contributed by atoms with van der Waals surface area (Å²) in [4.78, 5) is 20.4. The van der Waals surface area contributed by atoms with Gasteiger partial charge in [-0.05, 0) is 30.0 Å². The minimum Gasteiger partial charge on any atom is -0.493 e. The van der Waals surface area contributed by atoms with Crippen LogP contribution in [-0.4, -0.2) is 28.7 Å². The highest BCUT2D eigenvalue weighted by molar-refractivity contribution is 7.99. The maximum atomic E-state index is 12.1. The molecule has 0 atom stereocenters. The van der Waals surface area contributed by atoms with Crippen LogP contribution in [0.1, 0.15) is 17.3 Å². The van der Waals surface area contributed by atoms with E-state index in [9.17, 15) is 4.79 Å². The van der Waals surface area contributed by atoms with Crippen LogP contribution in [0.5, 0.6) is 5.75 Å². The zero-order valence-corrected chi connectivity index (χ0v) is 12.1. The van der Waals surface area contributed by atoms with Crippen molar-refractivity contribution in [2.24, 2.45) is 0 Å². The number of ether oxygens (including phenoxy) is 1. The van der Waals surface area contributed by atoms with Gasteiger partial charge in [0.25, 0.3) is 5.91 Å². The largest absolute Gasteiger partial charge is 0.493 e. The maximum absolute atomic E-state index is 12.1. The third-order valence-electron chi connectivity index (χ3n) is 2.51. The Labute approximate surface area is 121 Å². The predicted molar refractivity (Wildman–Crippen MR) is 79.4 cm³/mol. The quantitative estimate of drug-likeness (QED) is 0.857. The molecule has 0 radical (unpaired) electrons. The summed E-state index contributed by atoms with van der Waals surface area (Å²) < 4.78 is 5.14. The first kappa shape index (κ1) is 14.3. The Bertz CT molecular complexity index is 587. The van der Waals surface area contributed by atoms with Gasteiger partial charge in [0.1, 0.15) is 0 Å². The van der Waals surface area contributed by atoms with Crippen molar-refractivity contribution in [2.75, 3.05) is 18.2 Å². The van der Waals surface area contributed by atoms with Gasteiger partial charge in [0.15, 0.2) is 11.6 Å². The molecule has 0 spiro atoms. The van der Waals surface area contributed by atoms with Crippen LogP contribution >= 0.6 is 11.8 Å². The summed E-state index contributed by atoms with van der Waals surface area (Å²) in [6.07, 6.45) is 3.15. The zero-order chi connectivity index (χ0) is 14.4. The number of thioether (sulfide) groups is 1. The first-order chi connectivity index (χ1) is 9.74. The zero-order valence-electron chi connectivity index (χ0n) is 11.3. The average Bonchev–Trinajstić information content (AvgIpc) is 2.49. The normalized spacial score (nSPS) is 10.1. The molecular formula is C14H15N3O2S. The van der Waals surface area contributed by atoms with E-state index < -0.39 is 0 Å². The molecule has 5 nitrogen and oxygen atoms in total. The molecular weight excluding hydrogens is 274 g/mol. The van der Waals surface area contributed by atoms with Crippen molar-refractivity contribution in [2.45, 2.75) is 11.9 Å². The summed E-state index contributed by atoms with van der Waals surface area (Å²) in [6, 6.07) is 7.06. The highest BCUT2D eigenvalue weighted by atomic mass is 32.2. The van der Waals surface area contributed by atoms with E-state index in [1.54, 1.807) is 42.4 Å². The molecule has 20 heavy (non-hydrogen) atoms. The summed E-state index contributed by atoms with van der Waals surface area (Å²) >= 11 is 1.63. The average molecular weight is 289 g/mol. The fourth-order valence-corrected chi connectivity index (χ4v) is 2.16. The highest BCUT2D eigenvalue weighted by Crippen LogP contribution is 2.21. The van der Waals surface area contributed by atoms with Crippen molar-refractivity contribution in [3.8, 4) is 5.75 Å². The number of rotatable bonds is 5. The molecule has 0 aliphatic carbocycles. The standard InChI is InChI=1S/C14H15N3O2S/c1-3-20-12-7-6-10(9-16-12)14(18)17-13-11(19-2)5-4-8-15-13/h4-9H,3H2,1-2H3,(H,15,17,18). The van der Waals surface area contributed by atoms with Gasteiger partial charge in [-0.1, -0.05) is 6.92 Å². The molecule has 1 N–H and O–H groups in total. The summed E-state index contributed by atoms with van der Waals surface area (Å²) in [6.45, 7) is 2.06. The van der Waals surface area contributed by atoms with E-state index in [1.807, 2.05) is 6.07 Å². The predicted octanol–water partition coefficient (Wildman–Crippen LogP) is 2.85. The van der Waals surface area contributed by atoms with Crippen molar-refractivity contribution in [1.82, 2.24) is 9.97 Å². The number of amides is 1. The molecule has 6 heteroatoms. The molecule has 0 aromatic carbocycles. The molecule has 0 bridgehead atoms. The van der Waals surface area contributed by atoms with Crippen LogP contribution in [0.25, 0.3) is 0 Å². The molecule has 0 aliphatic rings. The third kappa shape index (κ3) is 3.48. The van der Waals surface area contributed by atoms with Crippen molar-refractivity contribution in [3.63, 3.8) is 0 Å². The minimum absolute atomic E-state index is 0.262. The van der Waals surface area contributed by atoms with Gasteiger partial charge in [-0.2, -0.15) is 0 Å². The number of pyridine rings is 2. The molecule has 0 unspecified atom stereocenters. The van der Waals surface area contributed by atoms with Crippen LogP contribution in [-0.2, 0) is 0 Å². The van der Waals surface area contributed by atoms with Gasteiger partial charge in [0.2, 0.25) is 0 Å². The summed E-state index contributed by atoms with van der Waals surface area (Å²) in [5.74, 6) is 1.60. The Morgan fingerprint density at radius 2 is 2.20 bits per heavy atom. The topological polar surface area (TPSA) is 64.1 Å². The number of anilines is 1. The number of nitrogens with one attached hydrogen (secondary N) is 1. The SMILES string of the molecule is CCSc1ccc(C(=O)Nc2ncccc2OC)cn1. The summed E-state index contributed by atoms with van der Waals surface area (Å²) in [5, 5.41) is 3.61. The molecule has 0 aliphatic heterocycles. The smallest absolute Gasteiger partial charge is 0.258 e. The van der Waals surface area contributed by atoms with E-state index in [2.05, 4.69) is 22.2 Å². The molecule has 104 valence electrons. The van der Waals surface area contributed by atoms with Crippen LogP contribution in [0.15, 0.2) is 41.7 Å². The van der Waals surface area contributed by atoms with Crippen LogP contribution in [0.3, 0.4) is 0 Å². The second-order valence-corrected chi connectivity index (χ2v) is 5.11. The van der Waals surface area contributed by atoms with Crippen LogP contribution in [0, 0.1) is 0 Å². The van der Waals surface area contributed by atoms with Gasteiger partial charge in [0.05, 0.1) is 17.7 Å². The Hall–Kier alpha value is -2.08. The summed E-state index contributed by atoms with van der Waals surface area (Å²) in [7, 11) is 1.53. The van der Waals surface area contributed by atoms with Gasteiger partial charge in [-0.15, -0.1) is 11.8 Å². The lowest BCUT2D eigenvalue weighted by Crippen LogP contribution is -2.14. The lowest BCUT2D eigenvalue weighted by molar-refractivity contribution is 0.102. The van der Waals surface area contributed by atoms with E-state index in [4.69, 9.17) is 4.74 Å². The van der Waals surface area contributed by atoms with Crippen molar-refractivity contribution < 1.29 is 9.53 Å². The van der Waals surface area contributed by atoms with Crippen molar-refractivity contribution in [3.05, 3.63) is 42.2 Å². The molecule has 0 saturated carbocycles. The number of hydrogen-bond acceptors (Lipinski definition) is 5. The van der Waals surface area contributed by atoms with Crippen LogP contribution < -0.4 is 10.1 Å². The number of aromatic nitrogens is 2. The van der Waals surface area contributed by atoms with Crippen molar-refractivity contribution >= 4 is 23.5 Å². The van der Waals surface area contributed by atoms with Gasteiger partial charge in [-0.3, -0.25) is 4.79 Å². The molecule has 2 rings (SSSR count). The van der Waals surface area contributed by atoms with Crippen LogP contribution in [0.4, 0.5) is 5.82 Å².